The molecule has 0 fully saturated rings. The van der Waals surface area contributed by atoms with E-state index < -0.39 is 11.8 Å². The van der Waals surface area contributed by atoms with Gasteiger partial charge in [-0.1, -0.05) is 18.2 Å². The maximum absolute atomic E-state index is 12.5. The number of nitrogens with zero attached hydrogens (tertiary/aromatic N) is 3. The molecule has 176 valence electrons. The van der Waals surface area contributed by atoms with Gasteiger partial charge in [0.15, 0.2) is 11.7 Å². The fourth-order valence-electron chi connectivity index (χ4n) is 3.99. The largest absolute Gasteiger partial charge is 0.482 e. The van der Waals surface area contributed by atoms with Crippen LogP contribution >= 0.6 is 11.3 Å². The molecule has 35 heavy (non-hydrogen) atoms. The van der Waals surface area contributed by atoms with Crippen LogP contribution in [0.25, 0.3) is 11.3 Å². The monoisotopic (exact) mass is 488 g/mol. The van der Waals surface area contributed by atoms with Crippen molar-refractivity contribution in [3.05, 3.63) is 71.6 Å². The molecule has 1 N–H and O–H groups in total. The van der Waals surface area contributed by atoms with Crippen molar-refractivity contribution >= 4 is 45.8 Å². The Hall–Kier alpha value is -4.31. The predicted molar refractivity (Wildman–Crippen MR) is 131 cm³/mol. The topological polar surface area (TPSA) is 109 Å². The SMILES string of the molecule is C=CCN1C(=O)COc2ccc(-c3csc(NC(=O)CCN4C(=O)c5ccccc5C4=O)n3)cc21. The van der Waals surface area contributed by atoms with Crippen molar-refractivity contribution in [3.63, 3.8) is 0 Å². The molecule has 2 aliphatic rings. The Labute approximate surface area is 204 Å². The molecule has 0 saturated carbocycles. The number of anilines is 2. The van der Waals surface area contributed by atoms with Crippen LogP contribution in [-0.2, 0) is 9.59 Å². The number of hydrogen-bond donors (Lipinski definition) is 1. The molecule has 0 spiro atoms. The van der Waals surface area contributed by atoms with E-state index >= 15 is 0 Å². The summed E-state index contributed by atoms with van der Waals surface area (Å²) >= 11 is 1.25. The van der Waals surface area contributed by atoms with E-state index in [0.29, 0.717) is 39.9 Å². The number of aromatic nitrogens is 1. The summed E-state index contributed by atoms with van der Waals surface area (Å²) in [6.45, 7) is 4.03. The van der Waals surface area contributed by atoms with Gasteiger partial charge in [-0.05, 0) is 30.3 Å². The third-order valence-electron chi connectivity index (χ3n) is 5.70. The fraction of sp³-hybridized carbons (Fsp3) is 0.160. The molecule has 5 rings (SSSR count). The van der Waals surface area contributed by atoms with Crippen molar-refractivity contribution in [1.29, 1.82) is 0 Å². The van der Waals surface area contributed by atoms with Gasteiger partial charge in [0.05, 0.1) is 22.5 Å². The second kappa shape index (κ2) is 9.15. The van der Waals surface area contributed by atoms with Gasteiger partial charge < -0.3 is 15.0 Å². The maximum atomic E-state index is 12.5. The summed E-state index contributed by atoms with van der Waals surface area (Å²) in [6, 6.07) is 12.0. The summed E-state index contributed by atoms with van der Waals surface area (Å²) in [7, 11) is 0. The number of thiazole rings is 1. The molecule has 10 heteroatoms. The van der Waals surface area contributed by atoms with Gasteiger partial charge in [-0.15, -0.1) is 17.9 Å². The average Bonchev–Trinajstić information content (AvgIpc) is 3.42. The number of imide groups is 1. The standard InChI is InChI=1S/C25H20N4O5S/c1-2-10-28-19-12-15(7-8-20(19)34-13-22(28)31)18-14-35-25(26-18)27-21(30)9-11-29-23(32)16-5-3-4-6-17(16)24(29)33/h2-8,12,14H,1,9-11,13H2,(H,26,27,30). The quantitative estimate of drug-likeness (QED) is 0.404. The second-order valence-electron chi connectivity index (χ2n) is 7.91. The summed E-state index contributed by atoms with van der Waals surface area (Å²) in [5.74, 6) is -0.694. The van der Waals surface area contributed by atoms with Gasteiger partial charge in [-0.25, -0.2) is 4.98 Å². The first-order valence-electron chi connectivity index (χ1n) is 10.9. The number of fused-ring (bicyclic) bond motifs is 2. The molecule has 0 aliphatic carbocycles. The van der Waals surface area contributed by atoms with Crippen molar-refractivity contribution < 1.29 is 23.9 Å². The molecule has 0 radical (unpaired) electrons. The van der Waals surface area contributed by atoms with Gasteiger partial charge in [-0.3, -0.25) is 24.1 Å². The normalized spacial score (nSPS) is 14.5. The highest BCUT2D eigenvalue weighted by Gasteiger charge is 2.35. The van der Waals surface area contributed by atoms with E-state index in [1.54, 1.807) is 46.7 Å². The highest BCUT2D eigenvalue weighted by Crippen LogP contribution is 2.36. The number of carbonyl (C=O) groups is 4. The molecule has 2 aliphatic heterocycles. The predicted octanol–water partition coefficient (Wildman–Crippen LogP) is 3.35. The summed E-state index contributed by atoms with van der Waals surface area (Å²) < 4.78 is 5.51. The molecule has 3 heterocycles. The molecule has 2 aromatic carbocycles. The van der Waals surface area contributed by atoms with E-state index in [2.05, 4.69) is 16.9 Å². The lowest BCUT2D eigenvalue weighted by Crippen LogP contribution is -2.38. The molecule has 0 bridgehead atoms. The van der Waals surface area contributed by atoms with E-state index in [9.17, 15) is 19.2 Å². The van der Waals surface area contributed by atoms with Crippen LogP contribution in [-0.4, -0.2) is 53.2 Å². The lowest BCUT2D eigenvalue weighted by Gasteiger charge is -2.28. The Morgan fingerprint density at radius 2 is 1.86 bits per heavy atom. The van der Waals surface area contributed by atoms with Gasteiger partial charge in [0.25, 0.3) is 17.7 Å². The maximum Gasteiger partial charge on any atom is 0.265 e. The molecular weight excluding hydrogens is 468 g/mol. The first-order valence-corrected chi connectivity index (χ1v) is 11.7. The number of benzene rings is 2. The molecule has 3 aromatic rings. The van der Waals surface area contributed by atoms with E-state index in [-0.39, 0.29) is 31.4 Å². The van der Waals surface area contributed by atoms with Crippen LogP contribution in [0.4, 0.5) is 10.8 Å². The third-order valence-corrected chi connectivity index (χ3v) is 6.46. The van der Waals surface area contributed by atoms with Gasteiger partial charge in [-0.2, -0.15) is 0 Å². The van der Waals surface area contributed by atoms with Crippen LogP contribution in [0, 0.1) is 0 Å². The zero-order valence-corrected chi connectivity index (χ0v) is 19.3. The molecule has 0 atom stereocenters. The van der Waals surface area contributed by atoms with Gasteiger partial charge in [0, 0.05) is 30.5 Å². The van der Waals surface area contributed by atoms with Crippen molar-refractivity contribution in [1.82, 2.24) is 9.88 Å². The lowest BCUT2D eigenvalue weighted by atomic mass is 10.1. The highest BCUT2D eigenvalue weighted by molar-refractivity contribution is 7.14. The number of rotatable bonds is 7. The van der Waals surface area contributed by atoms with Crippen molar-refractivity contribution in [2.75, 3.05) is 29.9 Å². The lowest BCUT2D eigenvalue weighted by molar-refractivity contribution is -0.121. The Morgan fingerprint density at radius 1 is 1.11 bits per heavy atom. The summed E-state index contributed by atoms with van der Waals surface area (Å²) in [6.07, 6.45) is 1.60. The van der Waals surface area contributed by atoms with Crippen LogP contribution in [0.2, 0.25) is 0 Å². The summed E-state index contributed by atoms with van der Waals surface area (Å²) in [4.78, 5) is 56.8. The minimum Gasteiger partial charge on any atom is -0.482 e. The zero-order chi connectivity index (χ0) is 24.5. The Morgan fingerprint density at radius 3 is 2.57 bits per heavy atom. The summed E-state index contributed by atoms with van der Waals surface area (Å²) in [5.41, 5.74) is 2.74. The number of hydrogen-bond acceptors (Lipinski definition) is 7. The molecular formula is C25H20N4O5S. The zero-order valence-electron chi connectivity index (χ0n) is 18.5. The summed E-state index contributed by atoms with van der Waals surface area (Å²) in [5, 5.41) is 4.91. The van der Waals surface area contributed by atoms with Crippen LogP contribution < -0.4 is 15.0 Å². The smallest absolute Gasteiger partial charge is 0.265 e. The van der Waals surface area contributed by atoms with Crippen molar-refractivity contribution in [2.45, 2.75) is 6.42 Å². The molecule has 4 amide bonds. The van der Waals surface area contributed by atoms with Crippen molar-refractivity contribution in [2.24, 2.45) is 0 Å². The number of ether oxygens (including phenoxy) is 1. The van der Waals surface area contributed by atoms with Crippen LogP contribution in [0.1, 0.15) is 27.1 Å². The van der Waals surface area contributed by atoms with Crippen LogP contribution in [0.5, 0.6) is 5.75 Å². The minimum atomic E-state index is -0.393. The van der Waals surface area contributed by atoms with E-state index in [0.717, 1.165) is 10.5 Å². The molecule has 0 saturated heterocycles. The first kappa shape index (κ1) is 22.5. The molecule has 1 aromatic heterocycles. The minimum absolute atomic E-state index is 0.0194. The number of amides is 4. The van der Waals surface area contributed by atoms with Gasteiger partial charge in [0.2, 0.25) is 5.91 Å². The van der Waals surface area contributed by atoms with Crippen LogP contribution in [0.3, 0.4) is 0 Å². The Kier molecular flexibility index (Phi) is 5.87. The fourth-order valence-corrected chi connectivity index (χ4v) is 4.73. The van der Waals surface area contributed by atoms with Crippen LogP contribution in [0.15, 0.2) is 60.5 Å². The first-order chi connectivity index (χ1) is 17.0. The Bertz CT molecular complexity index is 1350. The number of carbonyl (C=O) groups excluding carboxylic acids is 4. The number of nitrogens with one attached hydrogen (secondary N) is 1. The van der Waals surface area contributed by atoms with E-state index in [4.69, 9.17) is 4.74 Å². The van der Waals surface area contributed by atoms with E-state index in [1.165, 1.54) is 11.3 Å². The van der Waals surface area contributed by atoms with E-state index in [1.807, 2.05) is 12.1 Å². The average molecular weight is 489 g/mol. The highest BCUT2D eigenvalue weighted by atomic mass is 32.1. The third kappa shape index (κ3) is 4.19. The molecule has 9 nitrogen and oxygen atoms in total. The van der Waals surface area contributed by atoms with Crippen molar-refractivity contribution in [3.8, 4) is 17.0 Å². The second-order valence-corrected chi connectivity index (χ2v) is 8.77. The van der Waals surface area contributed by atoms with Gasteiger partial charge in [0.1, 0.15) is 5.75 Å². The Balaban J connectivity index is 1.24. The van der Waals surface area contributed by atoms with Gasteiger partial charge >= 0.3 is 0 Å². The molecule has 0 unspecified atom stereocenters.